The number of hydrogen-bond acceptors (Lipinski definition) is 3. The Morgan fingerprint density at radius 3 is 2.47 bits per heavy atom. The van der Waals surface area contributed by atoms with E-state index in [9.17, 15) is 4.79 Å². The summed E-state index contributed by atoms with van der Waals surface area (Å²) in [5, 5.41) is 17.3. The van der Waals surface area contributed by atoms with Crippen LogP contribution < -0.4 is 4.74 Å². The van der Waals surface area contributed by atoms with Crippen molar-refractivity contribution in [3.05, 3.63) is 29.8 Å². The Hall–Kier alpha value is -1.55. The van der Waals surface area contributed by atoms with Gasteiger partial charge in [0.05, 0.1) is 12.5 Å². The van der Waals surface area contributed by atoms with Crippen molar-refractivity contribution >= 4 is 5.97 Å². The van der Waals surface area contributed by atoms with Crippen molar-refractivity contribution in [2.75, 3.05) is 13.2 Å². The van der Waals surface area contributed by atoms with E-state index in [0.29, 0.717) is 5.75 Å². The van der Waals surface area contributed by atoms with Crippen molar-refractivity contribution in [3.63, 3.8) is 0 Å². The highest BCUT2D eigenvalue weighted by Crippen LogP contribution is 2.19. The second-order valence-corrected chi connectivity index (χ2v) is 3.20. The van der Waals surface area contributed by atoms with Crippen LogP contribution >= 0.6 is 0 Å². The second kappa shape index (κ2) is 5.36. The maximum Gasteiger partial charge on any atom is 0.310 e. The van der Waals surface area contributed by atoms with Crippen molar-refractivity contribution in [1.82, 2.24) is 0 Å². The molecular formula is C11H14O4. The number of carboxylic acids is 1. The molecule has 0 unspecified atom stereocenters. The first-order valence-electron chi connectivity index (χ1n) is 4.71. The van der Waals surface area contributed by atoms with Gasteiger partial charge in [-0.2, -0.15) is 0 Å². The molecular weight excluding hydrogens is 196 g/mol. The molecule has 0 amide bonds. The summed E-state index contributed by atoms with van der Waals surface area (Å²) in [4.78, 5) is 10.7. The van der Waals surface area contributed by atoms with Gasteiger partial charge in [-0.25, -0.2) is 0 Å². The summed E-state index contributed by atoms with van der Waals surface area (Å²) in [5.41, 5.74) is 0.735. The average Bonchev–Trinajstić information content (AvgIpc) is 2.26. The van der Waals surface area contributed by atoms with Gasteiger partial charge in [0.2, 0.25) is 0 Å². The third-order valence-corrected chi connectivity index (χ3v) is 2.11. The minimum atomic E-state index is -0.848. The molecule has 0 heterocycles. The van der Waals surface area contributed by atoms with Gasteiger partial charge in [-0.3, -0.25) is 4.79 Å². The van der Waals surface area contributed by atoms with Crippen LogP contribution in [0, 0.1) is 0 Å². The molecule has 2 N–H and O–H groups in total. The highest BCUT2D eigenvalue weighted by molar-refractivity contribution is 5.75. The van der Waals surface area contributed by atoms with Crippen LogP contribution in [0.15, 0.2) is 24.3 Å². The molecule has 0 spiro atoms. The van der Waals surface area contributed by atoms with E-state index in [2.05, 4.69) is 0 Å². The monoisotopic (exact) mass is 210 g/mol. The quantitative estimate of drug-likeness (QED) is 0.767. The van der Waals surface area contributed by atoms with E-state index < -0.39 is 11.9 Å². The number of carboxylic acid groups (broad SMARTS) is 1. The van der Waals surface area contributed by atoms with Gasteiger partial charge in [0.1, 0.15) is 12.4 Å². The zero-order valence-electron chi connectivity index (χ0n) is 8.51. The highest BCUT2D eigenvalue weighted by atomic mass is 16.5. The van der Waals surface area contributed by atoms with Crippen LogP contribution in [-0.4, -0.2) is 29.4 Å². The minimum Gasteiger partial charge on any atom is -0.491 e. The molecule has 0 aliphatic heterocycles. The number of ether oxygens (including phenoxy) is 1. The lowest BCUT2D eigenvalue weighted by Gasteiger charge is -2.08. The number of rotatable bonds is 5. The normalized spacial score (nSPS) is 12.1. The van der Waals surface area contributed by atoms with E-state index in [1.165, 1.54) is 0 Å². The first kappa shape index (κ1) is 11.5. The van der Waals surface area contributed by atoms with Crippen LogP contribution in [0.1, 0.15) is 18.4 Å². The number of benzene rings is 1. The molecule has 4 nitrogen and oxygen atoms in total. The predicted octanol–water partition coefficient (Wildman–Crippen LogP) is 1.25. The lowest BCUT2D eigenvalue weighted by Crippen LogP contribution is -2.07. The Labute approximate surface area is 88.1 Å². The summed E-state index contributed by atoms with van der Waals surface area (Å²) in [5.74, 6) is -0.735. The number of carbonyl (C=O) groups is 1. The molecule has 0 radical (unpaired) electrons. The van der Waals surface area contributed by atoms with E-state index in [1.807, 2.05) is 0 Å². The summed E-state index contributed by atoms with van der Waals surface area (Å²) >= 11 is 0. The molecule has 1 aromatic carbocycles. The summed E-state index contributed by atoms with van der Waals surface area (Å²) in [6.07, 6.45) is 0. The van der Waals surface area contributed by atoms with Crippen LogP contribution in [0.3, 0.4) is 0 Å². The Morgan fingerprint density at radius 1 is 1.40 bits per heavy atom. The van der Waals surface area contributed by atoms with Gasteiger partial charge in [-0.1, -0.05) is 12.1 Å². The first-order chi connectivity index (χ1) is 7.15. The molecule has 0 saturated carbocycles. The number of aliphatic hydroxyl groups excluding tert-OH is 1. The lowest BCUT2D eigenvalue weighted by molar-refractivity contribution is -0.138. The zero-order chi connectivity index (χ0) is 11.3. The fourth-order valence-electron chi connectivity index (χ4n) is 1.16. The van der Waals surface area contributed by atoms with Crippen LogP contribution in [0.25, 0.3) is 0 Å². The fourth-order valence-corrected chi connectivity index (χ4v) is 1.16. The molecule has 0 fully saturated rings. The molecule has 82 valence electrons. The van der Waals surface area contributed by atoms with Crippen LogP contribution in [-0.2, 0) is 4.79 Å². The van der Waals surface area contributed by atoms with Gasteiger partial charge in [-0.05, 0) is 24.6 Å². The molecule has 1 rings (SSSR count). The summed E-state index contributed by atoms with van der Waals surface area (Å²) in [7, 11) is 0. The number of hydrogen-bond donors (Lipinski definition) is 2. The average molecular weight is 210 g/mol. The SMILES string of the molecule is C[C@@H](C(=O)O)c1ccc(OCCO)cc1. The smallest absolute Gasteiger partial charge is 0.310 e. The summed E-state index contributed by atoms with van der Waals surface area (Å²) < 4.78 is 5.15. The van der Waals surface area contributed by atoms with Crippen molar-refractivity contribution in [1.29, 1.82) is 0 Å². The number of aliphatic hydroxyl groups is 1. The zero-order valence-corrected chi connectivity index (χ0v) is 8.51. The molecule has 0 aliphatic rings. The third-order valence-electron chi connectivity index (χ3n) is 2.11. The van der Waals surface area contributed by atoms with Crippen LogP contribution in [0.5, 0.6) is 5.75 Å². The lowest BCUT2D eigenvalue weighted by atomic mass is 10.0. The molecule has 0 bridgehead atoms. The van der Waals surface area contributed by atoms with Crippen LogP contribution in [0.4, 0.5) is 0 Å². The topological polar surface area (TPSA) is 66.8 Å². The molecule has 1 aromatic rings. The van der Waals surface area contributed by atoms with Crippen LogP contribution in [0.2, 0.25) is 0 Å². The molecule has 1 atom stereocenters. The maximum absolute atomic E-state index is 10.7. The Morgan fingerprint density at radius 2 is 2.00 bits per heavy atom. The minimum absolute atomic E-state index is 0.0344. The fraction of sp³-hybridized carbons (Fsp3) is 0.364. The first-order valence-corrected chi connectivity index (χ1v) is 4.71. The van der Waals surface area contributed by atoms with Gasteiger partial charge in [0.25, 0.3) is 0 Å². The van der Waals surface area contributed by atoms with Crippen molar-refractivity contribution in [3.8, 4) is 5.75 Å². The Balaban J connectivity index is 2.67. The second-order valence-electron chi connectivity index (χ2n) is 3.20. The van der Waals surface area contributed by atoms with E-state index in [-0.39, 0.29) is 13.2 Å². The van der Waals surface area contributed by atoms with Gasteiger partial charge in [0, 0.05) is 0 Å². The van der Waals surface area contributed by atoms with E-state index >= 15 is 0 Å². The van der Waals surface area contributed by atoms with Crippen molar-refractivity contribution in [2.24, 2.45) is 0 Å². The highest BCUT2D eigenvalue weighted by Gasteiger charge is 2.12. The molecule has 0 aromatic heterocycles. The number of aliphatic carboxylic acids is 1. The van der Waals surface area contributed by atoms with Crippen molar-refractivity contribution < 1.29 is 19.7 Å². The standard InChI is InChI=1S/C11H14O4/c1-8(11(13)14)9-2-4-10(5-3-9)15-7-6-12/h2-5,8,12H,6-7H2,1H3,(H,13,14)/t8-/m1/s1. The van der Waals surface area contributed by atoms with Crippen molar-refractivity contribution in [2.45, 2.75) is 12.8 Å². The van der Waals surface area contributed by atoms with E-state index in [4.69, 9.17) is 14.9 Å². The van der Waals surface area contributed by atoms with Gasteiger partial charge in [-0.15, -0.1) is 0 Å². The summed E-state index contributed by atoms with van der Waals surface area (Å²) in [6.45, 7) is 1.84. The van der Waals surface area contributed by atoms with Gasteiger partial charge >= 0.3 is 5.97 Å². The predicted molar refractivity (Wildman–Crippen MR) is 55.1 cm³/mol. The molecule has 0 saturated heterocycles. The molecule has 15 heavy (non-hydrogen) atoms. The summed E-state index contributed by atoms with van der Waals surface area (Å²) in [6, 6.07) is 6.83. The van der Waals surface area contributed by atoms with E-state index in [1.54, 1.807) is 31.2 Å². The third kappa shape index (κ3) is 3.25. The molecule has 4 heteroatoms. The van der Waals surface area contributed by atoms with Gasteiger partial charge < -0.3 is 14.9 Å². The Kier molecular flexibility index (Phi) is 4.12. The van der Waals surface area contributed by atoms with E-state index in [0.717, 1.165) is 5.56 Å². The largest absolute Gasteiger partial charge is 0.491 e. The van der Waals surface area contributed by atoms with Gasteiger partial charge in [0.15, 0.2) is 0 Å². The molecule has 0 aliphatic carbocycles. The maximum atomic E-state index is 10.7. The Bertz CT molecular complexity index is 318.